The molecule has 138 valence electrons. The van der Waals surface area contributed by atoms with E-state index in [-0.39, 0.29) is 12.5 Å². The molecule has 2 N–H and O–H groups in total. The van der Waals surface area contributed by atoms with Crippen LogP contribution in [0.5, 0.6) is 0 Å². The van der Waals surface area contributed by atoms with Crippen molar-refractivity contribution in [3.8, 4) is 0 Å². The van der Waals surface area contributed by atoms with E-state index in [1.54, 1.807) is 31.2 Å². The van der Waals surface area contributed by atoms with Gasteiger partial charge in [0.15, 0.2) is 6.10 Å². The van der Waals surface area contributed by atoms with Crippen LogP contribution in [0.25, 0.3) is 0 Å². The molecule has 2 amide bonds. The van der Waals surface area contributed by atoms with E-state index >= 15 is 0 Å². The number of carbonyl (C=O) groups is 3. The number of ether oxygens (including phenoxy) is 1. The Balaban J connectivity index is 2.79. The summed E-state index contributed by atoms with van der Waals surface area (Å²) < 4.78 is 6.14. The Labute approximate surface area is 155 Å². The first kappa shape index (κ1) is 21.0. The van der Waals surface area contributed by atoms with Crippen molar-refractivity contribution in [2.24, 2.45) is 5.92 Å². The zero-order chi connectivity index (χ0) is 19.0. The minimum Gasteiger partial charge on any atom is -0.480 e. The van der Waals surface area contributed by atoms with Crippen molar-refractivity contribution in [2.45, 2.75) is 33.3 Å². The van der Waals surface area contributed by atoms with Crippen LogP contribution in [0.3, 0.4) is 0 Å². The standard InChI is InChI=1S/C17H23BrN2O5/c1-4-20(10-15(21)22)16(23)14(9-11(2)3)25-17(24)19-13-7-5-12(18)6-8-13/h5-8,11,14H,4,9-10H2,1-3H3,(H,19,24)(H,21,22)/t14-/m0/s1. The highest BCUT2D eigenvalue weighted by molar-refractivity contribution is 9.10. The summed E-state index contributed by atoms with van der Waals surface area (Å²) in [5.74, 6) is -1.53. The summed E-state index contributed by atoms with van der Waals surface area (Å²) in [7, 11) is 0. The first-order valence-electron chi connectivity index (χ1n) is 7.96. The lowest BCUT2D eigenvalue weighted by Crippen LogP contribution is -2.44. The van der Waals surface area contributed by atoms with Crippen molar-refractivity contribution in [3.63, 3.8) is 0 Å². The van der Waals surface area contributed by atoms with Gasteiger partial charge in [0.2, 0.25) is 0 Å². The van der Waals surface area contributed by atoms with Crippen molar-refractivity contribution in [1.82, 2.24) is 4.90 Å². The third kappa shape index (κ3) is 7.55. The van der Waals surface area contributed by atoms with Crippen LogP contribution >= 0.6 is 15.9 Å². The number of carboxylic acid groups (broad SMARTS) is 1. The van der Waals surface area contributed by atoms with E-state index in [1.165, 1.54) is 0 Å². The SMILES string of the molecule is CCN(CC(=O)O)C(=O)[C@H](CC(C)C)OC(=O)Nc1ccc(Br)cc1. The molecule has 1 atom stereocenters. The average molecular weight is 415 g/mol. The van der Waals surface area contributed by atoms with Crippen molar-refractivity contribution in [3.05, 3.63) is 28.7 Å². The Morgan fingerprint density at radius 1 is 1.24 bits per heavy atom. The van der Waals surface area contributed by atoms with E-state index in [4.69, 9.17) is 9.84 Å². The van der Waals surface area contributed by atoms with E-state index in [1.807, 2.05) is 13.8 Å². The maximum atomic E-state index is 12.5. The second-order valence-corrected chi connectivity index (χ2v) is 6.82. The monoisotopic (exact) mass is 414 g/mol. The lowest BCUT2D eigenvalue weighted by Gasteiger charge is -2.26. The summed E-state index contributed by atoms with van der Waals surface area (Å²) >= 11 is 3.30. The Hall–Kier alpha value is -2.09. The number of anilines is 1. The number of benzene rings is 1. The number of aliphatic carboxylic acids is 1. The van der Waals surface area contributed by atoms with Gasteiger partial charge in [-0.25, -0.2) is 4.79 Å². The molecule has 1 rings (SSSR count). The topological polar surface area (TPSA) is 95.9 Å². The number of hydrogen-bond acceptors (Lipinski definition) is 4. The molecular weight excluding hydrogens is 392 g/mol. The van der Waals surface area contributed by atoms with Gasteiger partial charge < -0.3 is 14.7 Å². The molecule has 0 fully saturated rings. The molecule has 7 nitrogen and oxygen atoms in total. The van der Waals surface area contributed by atoms with Gasteiger partial charge in [0.05, 0.1) is 0 Å². The number of nitrogens with zero attached hydrogens (tertiary/aromatic N) is 1. The molecule has 0 saturated heterocycles. The summed E-state index contributed by atoms with van der Waals surface area (Å²) in [6.07, 6.45) is -1.48. The largest absolute Gasteiger partial charge is 0.480 e. The lowest BCUT2D eigenvalue weighted by atomic mass is 10.0. The number of halogens is 1. The minimum atomic E-state index is -1.11. The lowest BCUT2D eigenvalue weighted by molar-refractivity contribution is -0.148. The predicted molar refractivity (Wildman–Crippen MR) is 97.4 cm³/mol. The Morgan fingerprint density at radius 3 is 2.32 bits per heavy atom. The Kier molecular flexibility index (Phi) is 8.40. The molecule has 0 radical (unpaired) electrons. The van der Waals surface area contributed by atoms with Gasteiger partial charge in [0.1, 0.15) is 6.54 Å². The first-order valence-corrected chi connectivity index (χ1v) is 8.76. The predicted octanol–water partition coefficient (Wildman–Crippen LogP) is 3.35. The summed E-state index contributed by atoms with van der Waals surface area (Å²) in [6, 6.07) is 6.90. The zero-order valence-corrected chi connectivity index (χ0v) is 16.1. The van der Waals surface area contributed by atoms with Gasteiger partial charge in [-0.05, 0) is 43.5 Å². The van der Waals surface area contributed by atoms with Crippen LogP contribution in [0.15, 0.2) is 28.7 Å². The van der Waals surface area contributed by atoms with Gasteiger partial charge in [-0.3, -0.25) is 14.9 Å². The number of nitrogens with one attached hydrogen (secondary N) is 1. The molecule has 0 aliphatic carbocycles. The fourth-order valence-corrected chi connectivity index (χ4v) is 2.41. The van der Waals surface area contributed by atoms with E-state index in [0.717, 1.165) is 9.37 Å². The number of rotatable bonds is 8. The van der Waals surface area contributed by atoms with Gasteiger partial charge in [-0.1, -0.05) is 29.8 Å². The highest BCUT2D eigenvalue weighted by atomic mass is 79.9. The summed E-state index contributed by atoms with van der Waals surface area (Å²) in [5.41, 5.74) is 0.529. The molecule has 0 aliphatic heterocycles. The Morgan fingerprint density at radius 2 is 1.84 bits per heavy atom. The second-order valence-electron chi connectivity index (χ2n) is 5.90. The molecule has 8 heteroatoms. The third-order valence-electron chi connectivity index (χ3n) is 3.32. The highest BCUT2D eigenvalue weighted by Gasteiger charge is 2.29. The molecule has 0 spiro atoms. The fraction of sp³-hybridized carbons (Fsp3) is 0.471. The van der Waals surface area contributed by atoms with Crippen LogP contribution in [-0.4, -0.2) is 47.2 Å². The van der Waals surface area contributed by atoms with Crippen LogP contribution in [0.1, 0.15) is 27.2 Å². The van der Waals surface area contributed by atoms with Crippen LogP contribution in [0.4, 0.5) is 10.5 Å². The molecule has 1 aromatic carbocycles. The fourth-order valence-electron chi connectivity index (χ4n) is 2.15. The van der Waals surface area contributed by atoms with E-state index < -0.39 is 30.6 Å². The molecule has 1 aromatic rings. The first-order chi connectivity index (χ1) is 11.7. The summed E-state index contributed by atoms with van der Waals surface area (Å²) in [6.45, 7) is 5.25. The van der Waals surface area contributed by atoms with Crippen molar-refractivity contribution in [2.75, 3.05) is 18.4 Å². The van der Waals surface area contributed by atoms with Gasteiger partial charge in [0, 0.05) is 16.7 Å². The normalized spacial score (nSPS) is 11.7. The third-order valence-corrected chi connectivity index (χ3v) is 3.85. The van der Waals surface area contributed by atoms with Crippen molar-refractivity contribution >= 4 is 39.6 Å². The maximum absolute atomic E-state index is 12.5. The van der Waals surface area contributed by atoms with Crippen LogP contribution < -0.4 is 5.32 Å². The number of carbonyl (C=O) groups excluding carboxylic acids is 2. The second kappa shape index (κ2) is 10.0. The van der Waals surface area contributed by atoms with Gasteiger partial charge in [-0.2, -0.15) is 0 Å². The number of hydrogen-bond donors (Lipinski definition) is 2. The molecule has 0 heterocycles. The van der Waals surface area contributed by atoms with Gasteiger partial charge >= 0.3 is 12.1 Å². The molecule has 0 unspecified atom stereocenters. The number of likely N-dealkylation sites (N-methyl/N-ethyl adjacent to an activating group) is 1. The Bertz CT molecular complexity index is 604. The molecule has 0 aromatic heterocycles. The molecule has 25 heavy (non-hydrogen) atoms. The van der Waals surface area contributed by atoms with Crippen molar-refractivity contribution < 1.29 is 24.2 Å². The van der Waals surface area contributed by atoms with Gasteiger partial charge in [0.25, 0.3) is 5.91 Å². The van der Waals surface area contributed by atoms with Crippen LogP contribution in [0.2, 0.25) is 0 Å². The molecular formula is C17H23BrN2O5. The maximum Gasteiger partial charge on any atom is 0.412 e. The van der Waals surface area contributed by atoms with E-state index in [2.05, 4.69) is 21.2 Å². The van der Waals surface area contributed by atoms with Crippen LogP contribution in [-0.2, 0) is 14.3 Å². The van der Waals surface area contributed by atoms with Gasteiger partial charge in [-0.15, -0.1) is 0 Å². The smallest absolute Gasteiger partial charge is 0.412 e. The molecule has 0 saturated carbocycles. The summed E-state index contributed by atoms with van der Waals surface area (Å²) in [5, 5.41) is 11.5. The van der Waals surface area contributed by atoms with E-state index in [9.17, 15) is 14.4 Å². The number of amides is 2. The minimum absolute atomic E-state index is 0.0953. The molecule has 0 bridgehead atoms. The number of carboxylic acids is 1. The average Bonchev–Trinajstić information content (AvgIpc) is 2.53. The summed E-state index contributed by atoms with van der Waals surface area (Å²) in [4.78, 5) is 36.7. The zero-order valence-electron chi connectivity index (χ0n) is 14.5. The highest BCUT2D eigenvalue weighted by Crippen LogP contribution is 2.16. The van der Waals surface area contributed by atoms with Crippen molar-refractivity contribution in [1.29, 1.82) is 0 Å². The van der Waals surface area contributed by atoms with Crippen LogP contribution in [0, 0.1) is 5.92 Å². The molecule has 0 aliphatic rings. The van der Waals surface area contributed by atoms with E-state index in [0.29, 0.717) is 12.1 Å². The quantitative estimate of drug-likeness (QED) is 0.679.